The van der Waals surface area contributed by atoms with Gasteiger partial charge < -0.3 is 14.7 Å². The molecule has 2 aromatic rings. The van der Waals surface area contributed by atoms with Gasteiger partial charge in [0.25, 0.3) is 5.91 Å². The molecule has 0 bridgehead atoms. The van der Waals surface area contributed by atoms with Crippen molar-refractivity contribution < 1.29 is 23.1 Å². The van der Waals surface area contributed by atoms with Crippen LogP contribution in [0.15, 0.2) is 46.2 Å². The molecule has 1 saturated heterocycles. The number of carbonyl (C=O) groups is 1. The predicted octanol–water partition coefficient (Wildman–Crippen LogP) is 5.57. The summed E-state index contributed by atoms with van der Waals surface area (Å²) in [5.41, 5.74) is 1.41. The number of carbonyl (C=O) groups excluding carboxylic acids is 1. The third kappa shape index (κ3) is 6.28. The molecule has 2 aromatic carbocycles. The molecular weight excluding hydrogens is 500 g/mol. The summed E-state index contributed by atoms with van der Waals surface area (Å²) in [6.45, 7) is 16.5. The molecule has 0 spiro atoms. The van der Waals surface area contributed by atoms with Crippen LogP contribution >= 0.6 is 0 Å². The number of rotatable bonds is 4. The maximum absolute atomic E-state index is 13.4. The highest BCUT2D eigenvalue weighted by molar-refractivity contribution is 7.95. The van der Waals surface area contributed by atoms with E-state index in [0.717, 1.165) is 0 Å². The predicted molar refractivity (Wildman–Crippen MR) is 149 cm³/mol. The third-order valence-electron chi connectivity index (χ3n) is 6.56. The van der Waals surface area contributed by atoms with Gasteiger partial charge in [-0.05, 0) is 72.7 Å². The zero-order valence-corrected chi connectivity index (χ0v) is 24.3. The Labute approximate surface area is 226 Å². The van der Waals surface area contributed by atoms with Gasteiger partial charge in [0.05, 0.1) is 17.1 Å². The smallest absolute Gasteiger partial charge is 0.254 e. The Balaban J connectivity index is 2.00. The molecule has 0 aromatic heterocycles. The molecule has 0 radical (unpaired) electrons. The molecule has 38 heavy (non-hydrogen) atoms. The Morgan fingerprint density at radius 1 is 1.00 bits per heavy atom. The quantitative estimate of drug-likeness (QED) is 0.510. The van der Waals surface area contributed by atoms with Crippen LogP contribution in [0.5, 0.6) is 5.75 Å². The molecule has 7 nitrogen and oxygen atoms in total. The summed E-state index contributed by atoms with van der Waals surface area (Å²) in [6.07, 6.45) is 1.18. The zero-order chi connectivity index (χ0) is 28.6. The van der Waals surface area contributed by atoms with Gasteiger partial charge in [-0.1, -0.05) is 41.5 Å². The van der Waals surface area contributed by atoms with E-state index < -0.39 is 25.6 Å². The third-order valence-corrected chi connectivity index (χ3v) is 8.25. The number of ether oxygens (including phenoxy) is 1. The number of hydrogen-bond donors (Lipinski definition) is 1. The Bertz CT molecular complexity index is 1340. The van der Waals surface area contributed by atoms with Crippen molar-refractivity contribution in [2.24, 2.45) is 0 Å². The van der Waals surface area contributed by atoms with E-state index in [1.165, 1.54) is 30.3 Å². The van der Waals surface area contributed by atoms with Crippen molar-refractivity contribution in [1.29, 1.82) is 5.26 Å². The highest BCUT2D eigenvalue weighted by atomic mass is 32.2. The van der Waals surface area contributed by atoms with Gasteiger partial charge >= 0.3 is 0 Å². The lowest BCUT2D eigenvalue weighted by Crippen LogP contribution is -2.48. The number of nitriles is 1. The van der Waals surface area contributed by atoms with E-state index in [9.17, 15) is 23.6 Å². The van der Waals surface area contributed by atoms with E-state index in [4.69, 9.17) is 4.74 Å². The largest absolute Gasteiger partial charge is 0.507 e. The molecule has 204 valence electrons. The topological polar surface area (TPSA) is 108 Å². The van der Waals surface area contributed by atoms with Gasteiger partial charge in [-0.25, -0.2) is 8.42 Å². The van der Waals surface area contributed by atoms with Gasteiger partial charge in [0.1, 0.15) is 16.7 Å². The average Bonchev–Trinajstić information content (AvgIpc) is 2.80. The van der Waals surface area contributed by atoms with Crippen LogP contribution in [-0.4, -0.2) is 49.6 Å². The Kier molecular flexibility index (Phi) is 8.16. The molecule has 1 N–H and O–H groups in total. The van der Waals surface area contributed by atoms with Crippen LogP contribution in [0.25, 0.3) is 6.08 Å². The molecular formula is C30H38N2O5S. The van der Waals surface area contributed by atoms with E-state index in [1.54, 1.807) is 17.0 Å². The van der Waals surface area contributed by atoms with E-state index in [-0.39, 0.29) is 28.8 Å². The minimum Gasteiger partial charge on any atom is -0.507 e. The maximum Gasteiger partial charge on any atom is 0.254 e. The number of sulfone groups is 1. The first-order valence-electron chi connectivity index (χ1n) is 12.7. The van der Waals surface area contributed by atoms with Crippen LogP contribution in [0.1, 0.15) is 82.4 Å². The first-order valence-corrected chi connectivity index (χ1v) is 14.2. The zero-order valence-electron chi connectivity index (χ0n) is 23.5. The summed E-state index contributed by atoms with van der Waals surface area (Å²) in [6, 6.07) is 11.0. The van der Waals surface area contributed by atoms with Crippen molar-refractivity contribution >= 4 is 21.8 Å². The molecule has 1 amide bonds. The number of aromatic hydroxyl groups is 1. The molecule has 1 aliphatic heterocycles. The highest BCUT2D eigenvalue weighted by Gasteiger charge is 2.29. The first-order chi connectivity index (χ1) is 17.4. The van der Waals surface area contributed by atoms with Crippen molar-refractivity contribution in [3.8, 4) is 11.8 Å². The molecule has 3 rings (SSSR count). The van der Waals surface area contributed by atoms with Crippen molar-refractivity contribution in [3.05, 3.63) is 63.6 Å². The van der Waals surface area contributed by atoms with Gasteiger partial charge in [-0.2, -0.15) is 5.26 Å². The van der Waals surface area contributed by atoms with Crippen molar-refractivity contribution in [3.63, 3.8) is 0 Å². The van der Waals surface area contributed by atoms with Gasteiger partial charge in [-0.3, -0.25) is 4.79 Å². The lowest BCUT2D eigenvalue weighted by Gasteiger charge is -2.35. The van der Waals surface area contributed by atoms with Gasteiger partial charge in [-0.15, -0.1) is 0 Å². The Morgan fingerprint density at radius 3 is 1.89 bits per heavy atom. The number of allylic oxidation sites excluding steroid dienone is 1. The monoisotopic (exact) mass is 538 g/mol. The average molecular weight is 539 g/mol. The standard InChI is InChI=1S/C30H38N2O5S/c1-19-17-32(18-20(2)37-19)28(34)22-9-11-23(12-10-22)38(35,36)24(16-31)13-21-14-25(29(3,4)5)27(33)26(15-21)30(6,7)8/h9-15,19-20,33H,17-18H2,1-8H3/b24-13+. The van der Waals surface area contributed by atoms with E-state index in [1.807, 2.05) is 61.5 Å². The first kappa shape index (κ1) is 29.4. The van der Waals surface area contributed by atoms with E-state index in [0.29, 0.717) is 35.3 Å². The summed E-state index contributed by atoms with van der Waals surface area (Å²) in [4.78, 5) is 14.2. The molecule has 0 saturated carbocycles. The second kappa shape index (κ2) is 10.5. The minimum atomic E-state index is -4.15. The van der Waals surface area contributed by atoms with Crippen molar-refractivity contribution in [2.45, 2.75) is 83.3 Å². The number of phenolic OH excluding ortho intramolecular Hbond substituents is 1. The second-order valence-electron chi connectivity index (χ2n) is 12.1. The lowest BCUT2D eigenvalue weighted by atomic mass is 9.78. The Morgan fingerprint density at radius 2 is 1.47 bits per heavy atom. The maximum atomic E-state index is 13.4. The number of hydrogen-bond acceptors (Lipinski definition) is 6. The number of phenols is 1. The fourth-order valence-corrected chi connectivity index (χ4v) is 5.79. The number of nitrogens with zero attached hydrogens (tertiary/aromatic N) is 2. The Hall–Kier alpha value is -3.15. The van der Waals surface area contributed by atoms with Crippen LogP contribution in [-0.2, 0) is 25.4 Å². The van der Waals surface area contributed by atoms with Crippen molar-refractivity contribution in [1.82, 2.24) is 4.90 Å². The molecule has 1 aliphatic rings. The van der Waals surface area contributed by atoms with Crippen LogP contribution < -0.4 is 0 Å². The fraction of sp³-hybridized carbons (Fsp3) is 0.467. The van der Waals surface area contributed by atoms with Crippen LogP contribution in [0, 0.1) is 11.3 Å². The summed E-state index contributed by atoms with van der Waals surface area (Å²) in [5, 5.41) is 20.8. The number of morpholine rings is 1. The fourth-order valence-electron chi connectivity index (χ4n) is 4.63. The van der Waals surface area contributed by atoms with Gasteiger partial charge in [0, 0.05) is 29.8 Å². The molecule has 2 atom stereocenters. The molecule has 0 aliphatic carbocycles. The summed E-state index contributed by atoms with van der Waals surface area (Å²) >= 11 is 0. The molecule has 8 heteroatoms. The van der Waals surface area contributed by atoms with Gasteiger partial charge in [0.15, 0.2) is 0 Å². The van der Waals surface area contributed by atoms with E-state index >= 15 is 0 Å². The van der Waals surface area contributed by atoms with Crippen LogP contribution in [0.2, 0.25) is 0 Å². The van der Waals surface area contributed by atoms with Crippen LogP contribution in [0.4, 0.5) is 0 Å². The normalized spacial score (nSPS) is 19.2. The summed E-state index contributed by atoms with van der Waals surface area (Å²) in [5.74, 6) is -0.0201. The minimum absolute atomic E-state index is 0.0727. The molecule has 2 unspecified atom stereocenters. The molecule has 1 heterocycles. The van der Waals surface area contributed by atoms with E-state index in [2.05, 4.69) is 0 Å². The second-order valence-corrected chi connectivity index (χ2v) is 14.0. The number of benzene rings is 2. The lowest BCUT2D eigenvalue weighted by molar-refractivity contribution is -0.0586. The highest BCUT2D eigenvalue weighted by Crippen LogP contribution is 2.40. The SMILES string of the molecule is CC1CN(C(=O)c2ccc(S(=O)(=O)/C(C#N)=C/c3cc(C(C)(C)C)c(O)c(C(C)(C)C)c3)cc2)CC(C)O1. The summed E-state index contributed by atoms with van der Waals surface area (Å²) < 4.78 is 32.5. The molecule has 1 fully saturated rings. The summed E-state index contributed by atoms with van der Waals surface area (Å²) in [7, 11) is -4.15. The number of amides is 1. The van der Waals surface area contributed by atoms with Gasteiger partial charge in [0.2, 0.25) is 9.84 Å². The van der Waals surface area contributed by atoms with Crippen molar-refractivity contribution in [2.75, 3.05) is 13.1 Å². The van der Waals surface area contributed by atoms with Crippen LogP contribution in [0.3, 0.4) is 0 Å².